The van der Waals surface area contributed by atoms with E-state index in [1.165, 1.54) is 12.2 Å². The van der Waals surface area contributed by atoms with Crippen molar-refractivity contribution in [1.82, 2.24) is 9.55 Å². The zero-order valence-electron chi connectivity index (χ0n) is 18.1. The lowest BCUT2D eigenvalue weighted by Crippen LogP contribution is -2.19. The lowest BCUT2D eigenvalue weighted by molar-refractivity contribution is -0.0883. The van der Waals surface area contributed by atoms with Crippen molar-refractivity contribution < 1.29 is 17.9 Å². The van der Waals surface area contributed by atoms with E-state index >= 15 is 0 Å². The monoisotopic (exact) mass is 516 g/mol. The van der Waals surface area contributed by atoms with Crippen molar-refractivity contribution in [3.8, 4) is 5.82 Å². The van der Waals surface area contributed by atoms with Gasteiger partial charge in [-0.25, -0.2) is 4.98 Å². The molecule has 2 aromatic heterocycles. The van der Waals surface area contributed by atoms with Crippen LogP contribution in [0.2, 0.25) is 0 Å². The minimum atomic E-state index is -4.43. The summed E-state index contributed by atoms with van der Waals surface area (Å²) in [7, 11) is 0. The molecule has 0 N–H and O–H groups in total. The summed E-state index contributed by atoms with van der Waals surface area (Å²) in [6.45, 7) is 2.24. The molecule has 4 rings (SSSR count). The van der Waals surface area contributed by atoms with Crippen LogP contribution in [0.4, 0.5) is 13.2 Å². The molecule has 7 heteroatoms. The van der Waals surface area contributed by atoms with Gasteiger partial charge in [0.2, 0.25) is 0 Å². The average molecular weight is 517 g/mol. The Hall–Kier alpha value is -2.64. The Kier molecular flexibility index (Phi) is 7.20. The van der Waals surface area contributed by atoms with Crippen molar-refractivity contribution in [2.24, 2.45) is 0 Å². The molecule has 3 nitrogen and oxygen atoms in total. The number of rotatable bonds is 5. The molecule has 33 heavy (non-hydrogen) atoms. The third-order valence-electron chi connectivity index (χ3n) is 5.60. The maximum absolute atomic E-state index is 13.7. The Labute approximate surface area is 199 Å². The Balaban J connectivity index is 1.74. The first-order chi connectivity index (χ1) is 15.8. The van der Waals surface area contributed by atoms with Gasteiger partial charge < -0.3 is 4.74 Å². The topological polar surface area (TPSA) is 27.1 Å². The number of hydrogen-bond donors (Lipinski definition) is 0. The number of aromatic nitrogens is 2. The van der Waals surface area contributed by atoms with Gasteiger partial charge in [-0.05, 0) is 78.0 Å². The van der Waals surface area contributed by atoms with Crippen LogP contribution >= 0.6 is 15.9 Å². The highest BCUT2D eigenvalue weighted by atomic mass is 79.9. The molecular weight excluding hydrogens is 493 g/mol. The van der Waals surface area contributed by atoms with Gasteiger partial charge in [0.15, 0.2) is 0 Å². The zero-order valence-corrected chi connectivity index (χ0v) is 19.7. The van der Waals surface area contributed by atoms with Gasteiger partial charge >= 0.3 is 6.18 Å². The molecule has 0 saturated heterocycles. The molecule has 172 valence electrons. The fraction of sp³-hybridized carbons (Fsp3) is 0.269. The summed E-state index contributed by atoms with van der Waals surface area (Å²) < 4.78 is 50.0. The molecule has 0 saturated carbocycles. The number of allylic oxidation sites excluding steroid dienone is 7. The van der Waals surface area contributed by atoms with Gasteiger partial charge in [0.05, 0.1) is 24.0 Å². The van der Waals surface area contributed by atoms with Crippen LogP contribution in [0.1, 0.15) is 30.7 Å². The van der Waals surface area contributed by atoms with Crippen molar-refractivity contribution in [3.63, 3.8) is 0 Å². The van der Waals surface area contributed by atoms with Crippen LogP contribution in [-0.2, 0) is 4.74 Å². The van der Waals surface area contributed by atoms with Crippen LogP contribution in [0.3, 0.4) is 0 Å². The van der Waals surface area contributed by atoms with Crippen molar-refractivity contribution in [2.45, 2.75) is 38.5 Å². The van der Waals surface area contributed by atoms with Gasteiger partial charge in [-0.2, -0.15) is 13.2 Å². The lowest BCUT2D eigenvalue weighted by atomic mass is 10.0. The molecule has 0 aromatic carbocycles. The largest absolute Gasteiger partial charge is 0.416 e. The normalized spacial score (nSPS) is 18.9. The van der Waals surface area contributed by atoms with Gasteiger partial charge in [-0.3, -0.25) is 4.57 Å². The minimum Gasteiger partial charge on any atom is -0.369 e. The molecule has 0 aliphatic heterocycles. The van der Waals surface area contributed by atoms with E-state index in [4.69, 9.17) is 4.74 Å². The molecule has 0 bridgehead atoms. The SMILES string of the molecule is Cc1ccc(C2=CC(C(F)(F)F)=CCCC2OCC2=CCC=CC=C2)n1-c1cccc(Br)n1. The number of ether oxygens (including phenoxy) is 1. The molecular formula is C26H24BrF3N2O. The van der Waals surface area contributed by atoms with Crippen molar-refractivity contribution in [1.29, 1.82) is 0 Å². The van der Waals surface area contributed by atoms with Gasteiger partial charge in [0, 0.05) is 11.3 Å². The standard InChI is InChI=1S/C26H24BrF3N2O/c1-18-14-15-22(32(18)25-13-7-12-24(27)31-25)21-16-20(26(28,29)30)10-6-11-23(21)33-17-19-8-4-2-3-5-9-19/h2-4,7-10,12-16,23H,5-6,11,17H2,1H3. The smallest absolute Gasteiger partial charge is 0.369 e. The molecule has 0 spiro atoms. The summed E-state index contributed by atoms with van der Waals surface area (Å²) in [6, 6.07) is 9.23. The Bertz CT molecular complexity index is 1170. The molecule has 2 aromatic rings. The summed E-state index contributed by atoms with van der Waals surface area (Å²) in [6.07, 6.45) is 9.11. The van der Waals surface area contributed by atoms with Crippen molar-refractivity contribution in [3.05, 3.63) is 100 Å². The summed E-state index contributed by atoms with van der Waals surface area (Å²) in [5.41, 5.74) is 2.38. The van der Waals surface area contributed by atoms with E-state index in [9.17, 15) is 13.2 Å². The molecule has 0 radical (unpaired) electrons. The average Bonchev–Trinajstić information content (AvgIpc) is 2.94. The van der Waals surface area contributed by atoms with Crippen molar-refractivity contribution in [2.75, 3.05) is 6.61 Å². The third-order valence-corrected chi connectivity index (χ3v) is 6.05. The molecule has 2 aliphatic rings. The number of halogens is 4. The van der Waals surface area contributed by atoms with E-state index in [0.717, 1.165) is 17.7 Å². The second kappa shape index (κ2) is 10.1. The fourth-order valence-electron chi connectivity index (χ4n) is 3.99. The fourth-order valence-corrected chi connectivity index (χ4v) is 4.33. The van der Waals surface area contributed by atoms with Crippen LogP contribution < -0.4 is 0 Å². The highest BCUT2D eigenvalue weighted by Crippen LogP contribution is 2.37. The van der Waals surface area contributed by atoms with E-state index in [0.29, 0.717) is 34.7 Å². The second-order valence-corrected chi connectivity index (χ2v) is 8.76. The molecule has 0 amide bonds. The van der Waals surface area contributed by atoms with Gasteiger partial charge in [0.25, 0.3) is 0 Å². The third kappa shape index (κ3) is 5.65. The first-order valence-corrected chi connectivity index (χ1v) is 11.6. The van der Waals surface area contributed by atoms with Crippen LogP contribution in [0.15, 0.2) is 88.6 Å². The van der Waals surface area contributed by atoms with Crippen molar-refractivity contribution >= 4 is 21.5 Å². The van der Waals surface area contributed by atoms with E-state index < -0.39 is 17.9 Å². The predicted octanol–water partition coefficient (Wildman–Crippen LogP) is 7.44. The number of aryl methyl sites for hydroxylation is 1. The molecule has 1 atom stereocenters. The maximum Gasteiger partial charge on any atom is 0.416 e. The summed E-state index contributed by atoms with van der Waals surface area (Å²) in [5, 5.41) is 0. The second-order valence-electron chi connectivity index (χ2n) is 7.95. The van der Waals surface area contributed by atoms with Crippen LogP contribution in [0.5, 0.6) is 0 Å². The van der Waals surface area contributed by atoms with E-state index in [1.807, 2.05) is 66.1 Å². The van der Waals surface area contributed by atoms with E-state index in [-0.39, 0.29) is 6.42 Å². The Morgan fingerprint density at radius 2 is 2.00 bits per heavy atom. The summed E-state index contributed by atoms with van der Waals surface area (Å²) in [5.74, 6) is 0.629. The molecule has 0 fully saturated rings. The van der Waals surface area contributed by atoms with Gasteiger partial charge in [-0.1, -0.05) is 42.5 Å². The van der Waals surface area contributed by atoms with Crippen LogP contribution in [0, 0.1) is 6.92 Å². The number of nitrogens with zero attached hydrogens (tertiary/aromatic N) is 2. The first-order valence-electron chi connectivity index (χ1n) is 10.8. The Morgan fingerprint density at radius 3 is 2.79 bits per heavy atom. The Morgan fingerprint density at radius 1 is 1.15 bits per heavy atom. The number of hydrogen-bond acceptors (Lipinski definition) is 2. The van der Waals surface area contributed by atoms with Crippen LogP contribution in [0.25, 0.3) is 11.4 Å². The van der Waals surface area contributed by atoms with Crippen LogP contribution in [-0.4, -0.2) is 28.4 Å². The number of alkyl halides is 3. The highest BCUT2D eigenvalue weighted by Gasteiger charge is 2.35. The van der Waals surface area contributed by atoms with E-state index in [2.05, 4.69) is 27.0 Å². The molecule has 2 heterocycles. The van der Waals surface area contributed by atoms with Gasteiger partial charge in [-0.15, -0.1) is 0 Å². The molecule has 1 unspecified atom stereocenters. The molecule has 2 aliphatic carbocycles. The number of pyridine rings is 1. The van der Waals surface area contributed by atoms with Gasteiger partial charge in [0.1, 0.15) is 10.4 Å². The zero-order chi connectivity index (χ0) is 23.4. The van der Waals surface area contributed by atoms with E-state index in [1.54, 1.807) is 0 Å². The maximum atomic E-state index is 13.7. The quantitative estimate of drug-likeness (QED) is 0.386. The highest BCUT2D eigenvalue weighted by molar-refractivity contribution is 9.10. The summed E-state index contributed by atoms with van der Waals surface area (Å²) in [4.78, 5) is 4.53. The summed E-state index contributed by atoms with van der Waals surface area (Å²) >= 11 is 3.39. The predicted molar refractivity (Wildman–Crippen MR) is 128 cm³/mol. The minimum absolute atomic E-state index is 0.283. The first kappa shape index (κ1) is 23.5. The lowest BCUT2D eigenvalue weighted by Gasteiger charge is -2.23.